The normalized spacial score (nSPS) is 9.38. The molecule has 0 saturated heterocycles. The Labute approximate surface area is 111 Å². The van der Waals surface area contributed by atoms with E-state index in [4.69, 9.17) is 15.3 Å². The van der Waals surface area contributed by atoms with Gasteiger partial charge in [-0.2, -0.15) is 5.26 Å². The van der Waals surface area contributed by atoms with E-state index in [9.17, 15) is 0 Å². The van der Waals surface area contributed by atoms with Gasteiger partial charge in [0.05, 0.1) is 12.5 Å². The lowest BCUT2D eigenvalue weighted by Crippen LogP contribution is -1.98. The van der Waals surface area contributed by atoms with Crippen LogP contribution in [0, 0.1) is 36.7 Å². The maximum atomic E-state index is 8.75. The van der Waals surface area contributed by atoms with E-state index in [1.807, 2.05) is 13.8 Å². The van der Waals surface area contributed by atoms with Gasteiger partial charge in [-0.15, -0.1) is 5.26 Å². The maximum Gasteiger partial charge on any atom is 0.292 e. The van der Waals surface area contributed by atoms with Crippen molar-refractivity contribution >= 4 is 31.9 Å². The Balaban J connectivity index is 3.52. The lowest BCUT2D eigenvalue weighted by molar-refractivity contribution is 0.497. The fraction of sp³-hybridized carbons (Fsp3) is 0.273. The van der Waals surface area contributed by atoms with E-state index in [1.54, 1.807) is 6.26 Å². The highest BCUT2D eigenvalue weighted by Gasteiger charge is 2.17. The smallest absolute Gasteiger partial charge is 0.292 e. The molecule has 82 valence electrons. The Bertz CT molecular complexity index is 436. The average Bonchev–Trinajstić information content (AvgIpc) is 2.28. The number of hydrogen-bond acceptors (Lipinski definition) is 3. The van der Waals surface area contributed by atoms with Crippen molar-refractivity contribution in [3.05, 3.63) is 25.6 Å². The third kappa shape index (κ3) is 2.21. The van der Waals surface area contributed by atoms with Crippen LogP contribution in [0.25, 0.3) is 0 Å². The Morgan fingerprint density at radius 3 is 2.00 bits per heavy atom. The first-order valence-electron chi connectivity index (χ1n) is 4.44. The first-order chi connectivity index (χ1) is 7.54. The summed E-state index contributed by atoms with van der Waals surface area (Å²) in [6.07, 6.45) is 1.97. The van der Waals surface area contributed by atoms with Crippen LogP contribution in [-0.4, -0.2) is 0 Å². The van der Waals surface area contributed by atoms with Gasteiger partial charge in [0, 0.05) is 20.1 Å². The van der Waals surface area contributed by atoms with Crippen LogP contribution in [0.15, 0.2) is 8.95 Å². The Morgan fingerprint density at radius 1 is 1.12 bits per heavy atom. The molecule has 0 radical (unpaired) electrons. The van der Waals surface area contributed by atoms with Crippen LogP contribution in [-0.2, 0) is 6.42 Å². The van der Waals surface area contributed by atoms with E-state index in [-0.39, 0.29) is 0 Å². The van der Waals surface area contributed by atoms with Crippen molar-refractivity contribution in [2.24, 2.45) is 0 Å². The third-order valence-electron chi connectivity index (χ3n) is 2.27. The summed E-state index contributed by atoms with van der Waals surface area (Å²) in [5.41, 5.74) is 2.53. The molecule has 0 saturated carbocycles. The predicted molar refractivity (Wildman–Crippen MR) is 66.9 cm³/mol. The molecule has 0 aliphatic rings. The molecular weight excluding hydrogens is 336 g/mol. The summed E-state index contributed by atoms with van der Waals surface area (Å²) < 4.78 is 6.53. The van der Waals surface area contributed by atoms with Crippen molar-refractivity contribution in [2.75, 3.05) is 0 Å². The van der Waals surface area contributed by atoms with Crippen molar-refractivity contribution < 1.29 is 4.74 Å². The molecule has 1 aromatic carbocycles. The van der Waals surface area contributed by atoms with Crippen LogP contribution in [0.4, 0.5) is 0 Å². The zero-order valence-corrected chi connectivity index (χ0v) is 11.9. The molecule has 0 spiro atoms. The molecule has 0 amide bonds. The van der Waals surface area contributed by atoms with Gasteiger partial charge in [0.25, 0.3) is 6.26 Å². The Hall–Kier alpha value is -1.04. The van der Waals surface area contributed by atoms with Gasteiger partial charge in [-0.1, -0.05) is 31.9 Å². The van der Waals surface area contributed by atoms with Crippen LogP contribution in [0.3, 0.4) is 0 Å². The van der Waals surface area contributed by atoms with Gasteiger partial charge in [-0.3, -0.25) is 0 Å². The summed E-state index contributed by atoms with van der Waals surface area (Å²) in [6, 6.07) is 2.11. The predicted octanol–water partition coefficient (Wildman–Crippen LogP) is 3.75. The molecule has 5 heteroatoms. The highest BCUT2D eigenvalue weighted by atomic mass is 79.9. The van der Waals surface area contributed by atoms with Crippen molar-refractivity contribution in [3.63, 3.8) is 0 Å². The second kappa shape index (κ2) is 5.34. The lowest BCUT2D eigenvalue weighted by Gasteiger charge is -2.14. The zero-order valence-electron chi connectivity index (χ0n) is 8.77. The van der Waals surface area contributed by atoms with E-state index in [1.165, 1.54) is 0 Å². The largest absolute Gasteiger partial charge is 0.387 e. The molecule has 0 fully saturated rings. The summed E-state index contributed by atoms with van der Waals surface area (Å²) >= 11 is 6.83. The SMILES string of the molecule is Cc1c(Br)c(CC#N)c(Br)c(C)c1OC#N. The Morgan fingerprint density at radius 2 is 1.62 bits per heavy atom. The number of nitriles is 2. The summed E-state index contributed by atoms with van der Waals surface area (Å²) in [5.74, 6) is 0.530. The summed E-state index contributed by atoms with van der Waals surface area (Å²) in [6.45, 7) is 3.69. The Kier molecular flexibility index (Phi) is 4.35. The highest BCUT2D eigenvalue weighted by Crippen LogP contribution is 2.39. The van der Waals surface area contributed by atoms with Gasteiger partial charge in [-0.05, 0) is 19.4 Å². The second-order valence-corrected chi connectivity index (χ2v) is 4.80. The highest BCUT2D eigenvalue weighted by molar-refractivity contribution is 9.11. The standard InChI is InChI=1S/C11H8Br2N2O/c1-6-9(12)8(3-4-14)10(13)7(2)11(6)16-5-15/h3H2,1-2H3. The van der Waals surface area contributed by atoms with Crippen molar-refractivity contribution in [3.8, 4) is 18.1 Å². The molecule has 0 unspecified atom stereocenters. The summed E-state index contributed by atoms with van der Waals surface area (Å²) in [4.78, 5) is 0. The van der Waals surface area contributed by atoms with Crippen molar-refractivity contribution in [2.45, 2.75) is 20.3 Å². The van der Waals surface area contributed by atoms with E-state index in [0.29, 0.717) is 12.2 Å². The lowest BCUT2D eigenvalue weighted by atomic mass is 10.0. The van der Waals surface area contributed by atoms with Gasteiger partial charge in [-0.25, -0.2) is 0 Å². The monoisotopic (exact) mass is 342 g/mol. The molecule has 0 bridgehead atoms. The molecule has 0 heterocycles. The molecule has 0 aliphatic heterocycles. The molecule has 0 aromatic heterocycles. The van der Waals surface area contributed by atoms with E-state index >= 15 is 0 Å². The van der Waals surface area contributed by atoms with Gasteiger partial charge in [0.2, 0.25) is 0 Å². The number of halogens is 2. The number of hydrogen-bond donors (Lipinski definition) is 0. The molecule has 3 nitrogen and oxygen atoms in total. The molecule has 16 heavy (non-hydrogen) atoms. The van der Waals surface area contributed by atoms with Crippen LogP contribution in [0.1, 0.15) is 16.7 Å². The molecule has 0 N–H and O–H groups in total. The first kappa shape index (κ1) is 13.0. The maximum absolute atomic E-state index is 8.75. The quantitative estimate of drug-likeness (QED) is 0.768. The fourth-order valence-corrected chi connectivity index (χ4v) is 2.77. The first-order valence-corrected chi connectivity index (χ1v) is 6.03. The van der Waals surface area contributed by atoms with Crippen molar-refractivity contribution in [1.82, 2.24) is 0 Å². The molecule has 0 atom stereocenters. The van der Waals surface area contributed by atoms with E-state index in [0.717, 1.165) is 25.6 Å². The second-order valence-electron chi connectivity index (χ2n) is 3.21. The third-order valence-corrected chi connectivity index (χ3v) is 4.42. The minimum Gasteiger partial charge on any atom is -0.387 e. The molecule has 1 rings (SSSR count). The topological polar surface area (TPSA) is 56.8 Å². The fourth-order valence-electron chi connectivity index (χ4n) is 1.46. The minimum atomic E-state index is 0.301. The van der Waals surface area contributed by atoms with E-state index in [2.05, 4.69) is 37.9 Å². The summed E-state index contributed by atoms with van der Waals surface area (Å²) in [7, 11) is 0. The van der Waals surface area contributed by atoms with Gasteiger partial charge >= 0.3 is 0 Å². The number of nitrogens with zero attached hydrogens (tertiary/aromatic N) is 2. The minimum absolute atomic E-state index is 0.301. The number of rotatable bonds is 2. The van der Waals surface area contributed by atoms with Gasteiger partial charge < -0.3 is 4.74 Å². The zero-order chi connectivity index (χ0) is 12.3. The average molecular weight is 344 g/mol. The summed E-state index contributed by atoms with van der Waals surface area (Å²) in [5, 5.41) is 17.3. The van der Waals surface area contributed by atoms with E-state index < -0.39 is 0 Å². The van der Waals surface area contributed by atoms with Crippen LogP contribution < -0.4 is 4.74 Å². The van der Waals surface area contributed by atoms with Crippen LogP contribution >= 0.6 is 31.9 Å². The van der Waals surface area contributed by atoms with Gasteiger partial charge in [0.15, 0.2) is 0 Å². The molecular formula is C11H8Br2N2O. The number of benzene rings is 1. The van der Waals surface area contributed by atoms with Crippen LogP contribution in [0.2, 0.25) is 0 Å². The molecule has 0 aliphatic carbocycles. The molecule has 1 aromatic rings. The van der Waals surface area contributed by atoms with Crippen LogP contribution in [0.5, 0.6) is 5.75 Å². The number of ether oxygens (including phenoxy) is 1. The van der Waals surface area contributed by atoms with Gasteiger partial charge in [0.1, 0.15) is 5.75 Å². The van der Waals surface area contributed by atoms with Crippen molar-refractivity contribution in [1.29, 1.82) is 10.5 Å².